The van der Waals surface area contributed by atoms with E-state index >= 15 is 0 Å². The number of benzene rings is 1. The Labute approximate surface area is 163 Å². The van der Waals surface area contributed by atoms with Crippen LogP contribution in [0.4, 0.5) is 0 Å². The Bertz CT molecular complexity index is 783. The van der Waals surface area contributed by atoms with Crippen molar-refractivity contribution in [2.45, 2.75) is 25.7 Å². The molecule has 1 atom stereocenters. The summed E-state index contributed by atoms with van der Waals surface area (Å²) in [7, 11) is 0. The van der Waals surface area contributed by atoms with Gasteiger partial charge in [0.15, 0.2) is 0 Å². The van der Waals surface area contributed by atoms with Crippen LogP contribution in [0.15, 0.2) is 24.3 Å². The fourth-order valence-corrected chi connectivity index (χ4v) is 4.81. The molecule has 3 heterocycles. The monoisotopic (exact) mass is 387 g/mol. The number of rotatable bonds is 4. The Morgan fingerprint density at radius 1 is 1.15 bits per heavy atom. The Balaban J connectivity index is 1.32. The van der Waals surface area contributed by atoms with E-state index in [-0.39, 0.29) is 17.7 Å². The van der Waals surface area contributed by atoms with Gasteiger partial charge in [-0.05, 0) is 25.0 Å². The number of aryl methyl sites for hydroxylation is 1. The molecular weight excluding hydrogens is 362 g/mol. The zero-order valence-corrected chi connectivity index (χ0v) is 16.2. The van der Waals surface area contributed by atoms with Gasteiger partial charge in [0.05, 0.1) is 34.4 Å². The van der Waals surface area contributed by atoms with Gasteiger partial charge in [0.25, 0.3) is 0 Å². The lowest BCUT2D eigenvalue weighted by Gasteiger charge is -2.36. The van der Waals surface area contributed by atoms with Gasteiger partial charge < -0.3 is 14.5 Å². The number of carbonyl (C=O) groups is 2. The van der Waals surface area contributed by atoms with Gasteiger partial charge in [-0.3, -0.25) is 9.59 Å². The van der Waals surface area contributed by atoms with E-state index in [2.05, 4.69) is 11.1 Å². The van der Waals surface area contributed by atoms with E-state index in [9.17, 15) is 9.59 Å². The number of para-hydroxylation sites is 1. The number of thiazole rings is 1. The minimum atomic E-state index is -0.0664. The highest BCUT2D eigenvalue weighted by Crippen LogP contribution is 2.24. The van der Waals surface area contributed by atoms with Crippen LogP contribution in [0.3, 0.4) is 0 Å². The van der Waals surface area contributed by atoms with Gasteiger partial charge in [0, 0.05) is 39.0 Å². The summed E-state index contributed by atoms with van der Waals surface area (Å²) in [6.07, 6.45) is 2.89. The minimum Gasteiger partial charge on any atom is -0.378 e. The lowest BCUT2D eigenvalue weighted by molar-refractivity contribution is -0.144. The first kappa shape index (κ1) is 18.4. The van der Waals surface area contributed by atoms with Crippen molar-refractivity contribution in [3.63, 3.8) is 0 Å². The van der Waals surface area contributed by atoms with Crippen molar-refractivity contribution in [1.29, 1.82) is 0 Å². The summed E-state index contributed by atoms with van der Waals surface area (Å²) in [6, 6.07) is 8.06. The third-order valence-electron chi connectivity index (χ3n) is 5.34. The van der Waals surface area contributed by atoms with Gasteiger partial charge in [-0.15, -0.1) is 11.3 Å². The number of fused-ring (bicyclic) bond motifs is 1. The summed E-state index contributed by atoms with van der Waals surface area (Å²) >= 11 is 1.66. The molecule has 1 unspecified atom stereocenters. The molecule has 144 valence electrons. The molecule has 2 aliphatic heterocycles. The quantitative estimate of drug-likeness (QED) is 0.808. The fourth-order valence-electron chi connectivity index (χ4n) is 3.85. The molecule has 0 spiro atoms. The number of carbonyl (C=O) groups excluding carboxylic acids is 2. The SMILES string of the molecule is O=C(CCc1nc2ccccc2s1)N1CCCC(C(=O)N2CCOCC2)C1. The van der Waals surface area contributed by atoms with Crippen molar-refractivity contribution in [3.8, 4) is 0 Å². The number of amides is 2. The molecule has 0 saturated carbocycles. The minimum absolute atomic E-state index is 0.0664. The number of ether oxygens (including phenoxy) is 1. The maximum atomic E-state index is 12.7. The molecule has 1 aromatic heterocycles. The maximum absolute atomic E-state index is 12.7. The molecule has 7 heteroatoms. The van der Waals surface area contributed by atoms with Crippen molar-refractivity contribution >= 4 is 33.4 Å². The van der Waals surface area contributed by atoms with E-state index in [1.54, 1.807) is 11.3 Å². The Morgan fingerprint density at radius 3 is 2.78 bits per heavy atom. The summed E-state index contributed by atoms with van der Waals surface area (Å²) in [6.45, 7) is 3.87. The zero-order chi connectivity index (χ0) is 18.6. The van der Waals surface area contributed by atoms with Crippen molar-refractivity contribution in [2.75, 3.05) is 39.4 Å². The largest absolute Gasteiger partial charge is 0.378 e. The maximum Gasteiger partial charge on any atom is 0.227 e. The second-order valence-corrected chi connectivity index (χ2v) is 8.31. The number of hydrogen-bond donors (Lipinski definition) is 0. The van der Waals surface area contributed by atoms with Crippen molar-refractivity contribution < 1.29 is 14.3 Å². The van der Waals surface area contributed by atoms with Crippen LogP contribution in [0.2, 0.25) is 0 Å². The van der Waals surface area contributed by atoms with Crippen LogP contribution < -0.4 is 0 Å². The number of nitrogens with zero attached hydrogens (tertiary/aromatic N) is 3. The summed E-state index contributed by atoms with van der Waals surface area (Å²) < 4.78 is 6.49. The van der Waals surface area contributed by atoms with Crippen LogP contribution in [0.5, 0.6) is 0 Å². The second-order valence-electron chi connectivity index (χ2n) is 7.19. The molecule has 0 radical (unpaired) electrons. The highest BCUT2D eigenvalue weighted by atomic mass is 32.1. The van der Waals surface area contributed by atoms with Crippen molar-refractivity contribution in [2.24, 2.45) is 5.92 Å². The molecule has 2 saturated heterocycles. The van der Waals surface area contributed by atoms with Gasteiger partial charge in [0.2, 0.25) is 11.8 Å². The molecule has 1 aromatic carbocycles. The summed E-state index contributed by atoms with van der Waals surface area (Å²) in [4.78, 5) is 33.8. The van der Waals surface area contributed by atoms with E-state index < -0.39 is 0 Å². The Kier molecular flexibility index (Phi) is 5.69. The molecule has 2 amide bonds. The van der Waals surface area contributed by atoms with Gasteiger partial charge in [-0.2, -0.15) is 0 Å². The Morgan fingerprint density at radius 2 is 1.96 bits per heavy atom. The smallest absolute Gasteiger partial charge is 0.227 e. The van der Waals surface area contributed by atoms with Crippen LogP contribution in [0.25, 0.3) is 10.2 Å². The predicted octanol–water partition coefficient (Wildman–Crippen LogP) is 2.33. The average Bonchev–Trinajstić information content (AvgIpc) is 3.15. The first-order chi connectivity index (χ1) is 13.2. The van der Waals surface area contributed by atoms with Crippen LogP contribution >= 0.6 is 11.3 Å². The van der Waals surface area contributed by atoms with E-state index in [0.29, 0.717) is 45.7 Å². The van der Waals surface area contributed by atoms with Crippen LogP contribution in [-0.2, 0) is 20.7 Å². The molecule has 0 aliphatic carbocycles. The molecule has 0 N–H and O–H groups in total. The molecule has 2 fully saturated rings. The number of hydrogen-bond acceptors (Lipinski definition) is 5. The number of morpholine rings is 1. The molecule has 6 nitrogen and oxygen atoms in total. The first-order valence-electron chi connectivity index (χ1n) is 9.69. The molecule has 2 aromatic rings. The highest BCUT2D eigenvalue weighted by Gasteiger charge is 2.31. The van der Waals surface area contributed by atoms with E-state index in [4.69, 9.17) is 4.74 Å². The number of likely N-dealkylation sites (tertiary alicyclic amines) is 1. The number of piperidine rings is 1. The average molecular weight is 388 g/mol. The van der Waals surface area contributed by atoms with Crippen LogP contribution in [0.1, 0.15) is 24.3 Å². The third-order valence-corrected chi connectivity index (χ3v) is 6.43. The second kappa shape index (κ2) is 8.35. The summed E-state index contributed by atoms with van der Waals surface area (Å²) in [5.74, 6) is 0.249. The predicted molar refractivity (Wildman–Crippen MR) is 105 cm³/mol. The summed E-state index contributed by atoms with van der Waals surface area (Å²) in [5.41, 5.74) is 0.999. The molecular formula is C20H25N3O3S. The Hall–Kier alpha value is -1.99. The van der Waals surface area contributed by atoms with Crippen molar-refractivity contribution in [1.82, 2.24) is 14.8 Å². The molecule has 2 aliphatic rings. The topological polar surface area (TPSA) is 62.7 Å². The van der Waals surface area contributed by atoms with Crippen LogP contribution in [-0.4, -0.2) is 66.0 Å². The third kappa shape index (κ3) is 4.30. The van der Waals surface area contributed by atoms with Gasteiger partial charge in [0.1, 0.15) is 0 Å². The van der Waals surface area contributed by atoms with E-state index in [1.807, 2.05) is 28.0 Å². The number of aromatic nitrogens is 1. The lowest BCUT2D eigenvalue weighted by Crippen LogP contribution is -2.49. The van der Waals surface area contributed by atoms with Crippen LogP contribution in [0, 0.1) is 5.92 Å². The molecule has 4 rings (SSSR count). The van der Waals surface area contributed by atoms with E-state index in [0.717, 1.165) is 34.6 Å². The first-order valence-corrected chi connectivity index (χ1v) is 10.5. The molecule has 0 bridgehead atoms. The van der Waals surface area contributed by atoms with Gasteiger partial charge in [-0.25, -0.2) is 4.98 Å². The van der Waals surface area contributed by atoms with Gasteiger partial charge in [-0.1, -0.05) is 12.1 Å². The normalized spacial score (nSPS) is 20.8. The standard InChI is InChI=1S/C20H25N3O3S/c24-19(8-7-18-21-16-5-1-2-6-17(16)27-18)23-9-3-4-15(14-23)20(25)22-10-12-26-13-11-22/h1-2,5-6,15H,3-4,7-14H2. The molecule has 27 heavy (non-hydrogen) atoms. The van der Waals surface area contributed by atoms with E-state index in [1.165, 1.54) is 0 Å². The lowest BCUT2D eigenvalue weighted by atomic mass is 9.96. The zero-order valence-electron chi connectivity index (χ0n) is 15.4. The van der Waals surface area contributed by atoms with Gasteiger partial charge >= 0.3 is 0 Å². The highest BCUT2D eigenvalue weighted by molar-refractivity contribution is 7.18. The van der Waals surface area contributed by atoms with Crippen molar-refractivity contribution in [3.05, 3.63) is 29.3 Å². The fraction of sp³-hybridized carbons (Fsp3) is 0.550. The summed E-state index contributed by atoms with van der Waals surface area (Å²) in [5, 5.41) is 1.00.